The lowest BCUT2D eigenvalue weighted by Crippen LogP contribution is -2.10. The molecular weight excluding hydrogens is 625 g/mol. The summed E-state index contributed by atoms with van der Waals surface area (Å²) in [6, 6.07) is 63.5. The van der Waals surface area contributed by atoms with Gasteiger partial charge in [0.25, 0.3) is 0 Å². The Morgan fingerprint density at radius 1 is 0.373 bits per heavy atom. The van der Waals surface area contributed by atoms with Crippen molar-refractivity contribution in [1.82, 2.24) is 4.98 Å². The van der Waals surface area contributed by atoms with E-state index < -0.39 is 0 Å². The van der Waals surface area contributed by atoms with Gasteiger partial charge in [0, 0.05) is 34.1 Å². The van der Waals surface area contributed by atoms with E-state index >= 15 is 0 Å². The predicted molar refractivity (Wildman–Crippen MR) is 210 cm³/mol. The van der Waals surface area contributed by atoms with Crippen molar-refractivity contribution in [1.29, 1.82) is 0 Å². The van der Waals surface area contributed by atoms with Gasteiger partial charge in [-0.25, -0.2) is 4.98 Å². The lowest BCUT2D eigenvalue weighted by atomic mass is 10.0. The summed E-state index contributed by atoms with van der Waals surface area (Å²) < 4.78 is 12.7. The SMILES string of the molecule is c1ccc(-c2cccc(N(c3ccc(-c4ccc5ccccc5c4)cc3)c3ccc4c(c3)oc3ccc5oc(-c6ccccc6)nc5c34)c2)cc1. The first-order chi connectivity index (χ1) is 25.2. The van der Waals surface area contributed by atoms with Crippen LogP contribution in [0.2, 0.25) is 0 Å². The van der Waals surface area contributed by atoms with Gasteiger partial charge in [-0.15, -0.1) is 0 Å². The van der Waals surface area contributed by atoms with E-state index in [9.17, 15) is 0 Å². The number of rotatable bonds is 6. The zero-order valence-corrected chi connectivity index (χ0v) is 27.5. The maximum Gasteiger partial charge on any atom is 0.227 e. The molecule has 2 heterocycles. The van der Waals surface area contributed by atoms with Crippen LogP contribution in [0.5, 0.6) is 0 Å². The summed E-state index contributed by atoms with van der Waals surface area (Å²) in [5.41, 5.74) is 11.8. The van der Waals surface area contributed by atoms with Crippen LogP contribution in [0.4, 0.5) is 17.1 Å². The van der Waals surface area contributed by atoms with E-state index in [-0.39, 0.29) is 0 Å². The first-order valence-electron chi connectivity index (χ1n) is 17.1. The smallest absolute Gasteiger partial charge is 0.227 e. The largest absolute Gasteiger partial charge is 0.456 e. The quantitative estimate of drug-likeness (QED) is 0.179. The molecule has 51 heavy (non-hydrogen) atoms. The topological polar surface area (TPSA) is 42.4 Å². The zero-order valence-electron chi connectivity index (χ0n) is 27.5. The van der Waals surface area contributed by atoms with Crippen LogP contribution >= 0.6 is 0 Å². The van der Waals surface area contributed by atoms with Gasteiger partial charge in [-0.2, -0.15) is 0 Å². The number of anilines is 3. The third-order valence-electron chi connectivity index (χ3n) is 9.68. The molecule has 240 valence electrons. The van der Waals surface area contributed by atoms with E-state index in [1.165, 1.54) is 27.5 Å². The molecule has 10 rings (SSSR count). The van der Waals surface area contributed by atoms with Gasteiger partial charge in [0.1, 0.15) is 16.7 Å². The third-order valence-corrected chi connectivity index (χ3v) is 9.68. The van der Waals surface area contributed by atoms with Crippen molar-refractivity contribution in [2.75, 3.05) is 4.90 Å². The second-order valence-electron chi connectivity index (χ2n) is 12.8. The van der Waals surface area contributed by atoms with Gasteiger partial charge in [0.15, 0.2) is 5.58 Å². The molecule has 0 aliphatic rings. The Balaban J connectivity index is 1.10. The van der Waals surface area contributed by atoms with Gasteiger partial charge in [0.05, 0.1) is 5.39 Å². The van der Waals surface area contributed by atoms with Crippen LogP contribution in [0.25, 0.3) is 77.5 Å². The van der Waals surface area contributed by atoms with Crippen molar-refractivity contribution >= 4 is 60.9 Å². The number of oxazole rings is 1. The highest BCUT2D eigenvalue weighted by Crippen LogP contribution is 2.42. The molecule has 0 radical (unpaired) electrons. The van der Waals surface area contributed by atoms with E-state index in [0.29, 0.717) is 5.89 Å². The average Bonchev–Trinajstić information content (AvgIpc) is 3.80. The van der Waals surface area contributed by atoms with Crippen LogP contribution in [0.3, 0.4) is 0 Å². The number of hydrogen-bond acceptors (Lipinski definition) is 4. The molecule has 0 amide bonds. The van der Waals surface area contributed by atoms with E-state index in [1.807, 2.05) is 42.5 Å². The zero-order chi connectivity index (χ0) is 33.7. The van der Waals surface area contributed by atoms with Crippen molar-refractivity contribution < 1.29 is 8.83 Å². The summed E-state index contributed by atoms with van der Waals surface area (Å²) in [5.74, 6) is 0.598. The Hall–Kier alpha value is -6.91. The Bertz CT molecular complexity index is 2850. The summed E-state index contributed by atoms with van der Waals surface area (Å²) in [4.78, 5) is 7.23. The standard InChI is InChI=1S/C47H30N2O2/c1-3-10-31(11-4-1)36-16-9-17-39(29-36)49(38-22-20-33(21-23-38)37-19-18-32-12-7-8-15-35(32)28-37)40-24-25-41-44(30-40)50-42-26-27-43-46(45(41)42)48-47(51-43)34-13-5-2-6-14-34/h1-30H. The summed E-state index contributed by atoms with van der Waals surface area (Å²) in [5, 5.41) is 4.43. The molecule has 10 aromatic rings. The van der Waals surface area contributed by atoms with E-state index in [1.54, 1.807) is 0 Å². The molecule has 0 fully saturated rings. The van der Waals surface area contributed by atoms with Crippen LogP contribution < -0.4 is 4.90 Å². The molecule has 4 nitrogen and oxygen atoms in total. The third kappa shape index (κ3) is 5.13. The van der Waals surface area contributed by atoms with Crippen LogP contribution in [0.1, 0.15) is 0 Å². The monoisotopic (exact) mass is 654 g/mol. The van der Waals surface area contributed by atoms with Crippen molar-refractivity contribution in [2.45, 2.75) is 0 Å². The molecule has 0 N–H and O–H groups in total. The molecule has 2 aromatic heterocycles. The van der Waals surface area contributed by atoms with Gasteiger partial charge in [-0.05, 0) is 99.8 Å². The molecule has 0 bridgehead atoms. The fourth-order valence-electron chi connectivity index (χ4n) is 7.16. The minimum atomic E-state index is 0.598. The molecule has 0 saturated heterocycles. The van der Waals surface area contributed by atoms with Gasteiger partial charge < -0.3 is 13.7 Å². The van der Waals surface area contributed by atoms with Crippen molar-refractivity contribution in [3.63, 3.8) is 0 Å². The number of aromatic nitrogens is 1. The highest BCUT2D eigenvalue weighted by Gasteiger charge is 2.19. The molecule has 8 aromatic carbocycles. The van der Waals surface area contributed by atoms with E-state index in [2.05, 4.69) is 144 Å². The van der Waals surface area contributed by atoms with Gasteiger partial charge in [0.2, 0.25) is 5.89 Å². The Kier molecular flexibility index (Phi) is 6.78. The fraction of sp³-hybridized carbons (Fsp3) is 0. The number of fused-ring (bicyclic) bond motifs is 6. The average molecular weight is 655 g/mol. The normalized spacial score (nSPS) is 11.5. The molecular formula is C47H30N2O2. The van der Waals surface area contributed by atoms with Gasteiger partial charge >= 0.3 is 0 Å². The number of furan rings is 1. The van der Waals surface area contributed by atoms with Crippen LogP contribution in [0, 0.1) is 0 Å². The minimum absolute atomic E-state index is 0.598. The van der Waals surface area contributed by atoms with Gasteiger partial charge in [-0.1, -0.05) is 109 Å². The number of benzene rings is 8. The Morgan fingerprint density at radius 2 is 1.00 bits per heavy atom. The Labute approximate surface area is 294 Å². The molecule has 0 atom stereocenters. The summed E-state index contributed by atoms with van der Waals surface area (Å²) in [7, 11) is 0. The fourth-order valence-corrected chi connectivity index (χ4v) is 7.16. The lowest BCUT2D eigenvalue weighted by Gasteiger charge is -2.26. The first-order valence-corrected chi connectivity index (χ1v) is 17.1. The van der Waals surface area contributed by atoms with Gasteiger partial charge in [-0.3, -0.25) is 0 Å². The Morgan fingerprint density at radius 3 is 1.82 bits per heavy atom. The second kappa shape index (κ2) is 11.9. The number of nitrogens with zero attached hydrogens (tertiary/aromatic N) is 2. The molecule has 0 unspecified atom stereocenters. The maximum atomic E-state index is 6.53. The van der Waals surface area contributed by atoms with Crippen LogP contribution in [-0.4, -0.2) is 4.98 Å². The highest BCUT2D eigenvalue weighted by atomic mass is 16.4. The van der Waals surface area contributed by atoms with E-state index in [0.717, 1.165) is 61.2 Å². The molecule has 0 aliphatic heterocycles. The second-order valence-corrected chi connectivity index (χ2v) is 12.8. The molecule has 4 heteroatoms. The van der Waals surface area contributed by atoms with Crippen LogP contribution in [0.15, 0.2) is 191 Å². The summed E-state index contributed by atoms with van der Waals surface area (Å²) in [6.45, 7) is 0. The lowest BCUT2D eigenvalue weighted by molar-refractivity contribution is 0.619. The molecule has 0 spiro atoms. The summed E-state index contributed by atoms with van der Waals surface area (Å²) in [6.07, 6.45) is 0. The molecule has 0 aliphatic carbocycles. The highest BCUT2D eigenvalue weighted by molar-refractivity contribution is 6.17. The predicted octanol–water partition coefficient (Wildman–Crippen LogP) is 13.4. The first kappa shape index (κ1) is 29.0. The number of hydrogen-bond donors (Lipinski definition) is 0. The van der Waals surface area contributed by atoms with Crippen molar-refractivity contribution in [3.05, 3.63) is 182 Å². The van der Waals surface area contributed by atoms with Crippen LogP contribution in [-0.2, 0) is 0 Å². The minimum Gasteiger partial charge on any atom is -0.456 e. The molecule has 0 saturated carbocycles. The van der Waals surface area contributed by atoms with Crippen molar-refractivity contribution in [2.24, 2.45) is 0 Å². The summed E-state index contributed by atoms with van der Waals surface area (Å²) >= 11 is 0. The maximum absolute atomic E-state index is 6.53. The van der Waals surface area contributed by atoms with E-state index in [4.69, 9.17) is 13.8 Å². The van der Waals surface area contributed by atoms with Crippen molar-refractivity contribution in [3.8, 4) is 33.7 Å².